The van der Waals surface area contributed by atoms with Gasteiger partial charge < -0.3 is 9.73 Å². The van der Waals surface area contributed by atoms with Crippen molar-refractivity contribution in [1.29, 1.82) is 0 Å². The first kappa shape index (κ1) is 20.1. The summed E-state index contributed by atoms with van der Waals surface area (Å²) in [5.74, 6) is 1.14. The molecular formula is C20H25N5O2S. The van der Waals surface area contributed by atoms with Gasteiger partial charge in [-0.05, 0) is 37.0 Å². The first-order valence-electron chi connectivity index (χ1n) is 9.14. The molecule has 0 radical (unpaired) electrons. The highest BCUT2D eigenvalue weighted by molar-refractivity contribution is 7.99. The Kier molecular flexibility index (Phi) is 5.88. The first-order valence-corrected chi connectivity index (χ1v) is 10.1. The maximum atomic E-state index is 12.2. The van der Waals surface area contributed by atoms with Gasteiger partial charge in [0.1, 0.15) is 5.82 Å². The van der Waals surface area contributed by atoms with Crippen LogP contribution in [-0.2, 0) is 10.2 Å². The van der Waals surface area contributed by atoms with E-state index in [1.54, 1.807) is 16.9 Å². The van der Waals surface area contributed by atoms with Gasteiger partial charge in [-0.3, -0.25) is 4.79 Å². The van der Waals surface area contributed by atoms with Crippen LogP contribution in [0.1, 0.15) is 46.2 Å². The van der Waals surface area contributed by atoms with Crippen molar-refractivity contribution in [1.82, 2.24) is 20.0 Å². The Morgan fingerprint density at radius 3 is 2.54 bits per heavy atom. The molecule has 0 bridgehead atoms. The zero-order valence-corrected chi connectivity index (χ0v) is 17.6. The number of anilines is 1. The molecule has 0 aliphatic rings. The van der Waals surface area contributed by atoms with Crippen molar-refractivity contribution in [3.05, 3.63) is 42.1 Å². The van der Waals surface area contributed by atoms with Crippen LogP contribution in [0.25, 0.3) is 11.5 Å². The van der Waals surface area contributed by atoms with Crippen molar-refractivity contribution in [3.8, 4) is 11.5 Å². The van der Waals surface area contributed by atoms with Crippen LogP contribution in [0.5, 0.6) is 0 Å². The molecule has 2 heterocycles. The highest BCUT2D eigenvalue weighted by Crippen LogP contribution is 2.27. The molecule has 28 heavy (non-hydrogen) atoms. The summed E-state index contributed by atoms with van der Waals surface area (Å²) in [5, 5.41) is 15.5. The van der Waals surface area contributed by atoms with Gasteiger partial charge in [0.2, 0.25) is 11.8 Å². The monoisotopic (exact) mass is 399 g/mol. The third-order valence-corrected chi connectivity index (χ3v) is 4.98. The van der Waals surface area contributed by atoms with Gasteiger partial charge in [0.05, 0.1) is 11.9 Å². The van der Waals surface area contributed by atoms with Gasteiger partial charge in [-0.15, -0.1) is 10.2 Å². The lowest BCUT2D eigenvalue weighted by Crippen LogP contribution is -2.18. The fraction of sp³-hybridized carbons (Fsp3) is 0.400. The molecule has 0 aliphatic carbocycles. The fourth-order valence-corrected chi connectivity index (χ4v) is 3.19. The Hall–Kier alpha value is -2.61. The van der Waals surface area contributed by atoms with Gasteiger partial charge in [0.15, 0.2) is 0 Å². The number of thioether (sulfide) groups is 1. The van der Waals surface area contributed by atoms with Crippen LogP contribution in [0.15, 0.2) is 46.2 Å². The second-order valence-electron chi connectivity index (χ2n) is 7.79. The average Bonchev–Trinajstić information content (AvgIpc) is 3.29. The van der Waals surface area contributed by atoms with Crippen molar-refractivity contribution < 1.29 is 9.21 Å². The van der Waals surface area contributed by atoms with E-state index < -0.39 is 0 Å². The fourth-order valence-electron chi connectivity index (χ4n) is 2.63. The largest absolute Gasteiger partial charge is 0.411 e. The number of amides is 1. The van der Waals surface area contributed by atoms with Crippen molar-refractivity contribution in [2.24, 2.45) is 0 Å². The van der Waals surface area contributed by atoms with Crippen LogP contribution < -0.4 is 5.32 Å². The number of hydrogen-bond donors (Lipinski definition) is 1. The number of benzene rings is 1. The number of nitrogens with one attached hydrogen (secondary N) is 1. The summed E-state index contributed by atoms with van der Waals surface area (Å²) < 4.78 is 7.44. The Bertz CT molecular complexity index is 938. The summed E-state index contributed by atoms with van der Waals surface area (Å²) >= 11 is 1.21. The molecule has 0 unspecified atom stereocenters. The lowest BCUT2D eigenvalue weighted by molar-refractivity contribution is -0.113. The lowest BCUT2D eigenvalue weighted by atomic mass is 9.87. The van der Waals surface area contributed by atoms with E-state index in [0.717, 1.165) is 5.56 Å². The predicted octanol–water partition coefficient (Wildman–Crippen LogP) is 4.54. The van der Waals surface area contributed by atoms with E-state index in [-0.39, 0.29) is 23.1 Å². The van der Waals surface area contributed by atoms with Crippen LogP contribution in [0.2, 0.25) is 0 Å². The molecule has 0 fully saturated rings. The molecule has 1 amide bonds. The smallest absolute Gasteiger partial charge is 0.277 e. The second-order valence-corrected chi connectivity index (χ2v) is 8.72. The number of carbonyl (C=O) groups is 1. The van der Waals surface area contributed by atoms with Crippen molar-refractivity contribution in [2.45, 2.75) is 51.3 Å². The van der Waals surface area contributed by atoms with E-state index in [1.807, 2.05) is 26.0 Å². The second kappa shape index (κ2) is 8.18. The summed E-state index contributed by atoms with van der Waals surface area (Å²) in [5.41, 5.74) is 2.19. The van der Waals surface area contributed by atoms with Crippen LogP contribution >= 0.6 is 11.8 Å². The third kappa shape index (κ3) is 4.81. The number of aromatic nitrogens is 4. The van der Waals surface area contributed by atoms with Gasteiger partial charge in [0.25, 0.3) is 5.22 Å². The molecule has 0 atom stereocenters. The molecule has 1 N–H and O–H groups in total. The number of rotatable bonds is 6. The van der Waals surface area contributed by atoms with Gasteiger partial charge >= 0.3 is 0 Å². The molecule has 3 aromatic rings. The number of nitrogens with zero attached hydrogens (tertiary/aromatic N) is 4. The Morgan fingerprint density at radius 2 is 1.89 bits per heavy atom. The van der Waals surface area contributed by atoms with E-state index in [9.17, 15) is 4.79 Å². The maximum absolute atomic E-state index is 12.2. The summed E-state index contributed by atoms with van der Waals surface area (Å²) in [6, 6.07) is 10.0. The molecular weight excluding hydrogens is 374 g/mol. The van der Waals surface area contributed by atoms with Crippen molar-refractivity contribution >= 4 is 23.5 Å². The quantitative estimate of drug-likeness (QED) is 0.612. The van der Waals surface area contributed by atoms with Gasteiger partial charge in [-0.25, -0.2) is 4.68 Å². The molecule has 0 saturated heterocycles. The van der Waals surface area contributed by atoms with Gasteiger partial charge in [-0.2, -0.15) is 5.10 Å². The summed E-state index contributed by atoms with van der Waals surface area (Å²) in [7, 11) is 0. The molecule has 148 valence electrons. The Morgan fingerprint density at radius 1 is 1.18 bits per heavy atom. The first-order chi connectivity index (χ1) is 13.2. The minimum absolute atomic E-state index is 0.0900. The maximum Gasteiger partial charge on any atom is 0.277 e. The highest BCUT2D eigenvalue weighted by atomic mass is 32.2. The van der Waals surface area contributed by atoms with Crippen molar-refractivity contribution in [2.75, 3.05) is 11.1 Å². The normalized spacial score (nSPS) is 11.8. The van der Waals surface area contributed by atoms with Crippen molar-refractivity contribution in [3.63, 3.8) is 0 Å². The van der Waals surface area contributed by atoms with E-state index in [1.165, 1.54) is 17.3 Å². The molecule has 1 aromatic carbocycles. The standard InChI is InChI=1S/C20H25N5O2S/c1-13(2)25-16(10-11-21-25)22-17(26)12-28-19-24-23-18(27-19)14-6-8-15(9-7-14)20(3,4)5/h6-11,13H,12H2,1-5H3,(H,22,26). The lowest BCUT2D eigenvalue weighted by Gasteiger charge is -2.18. The minimum atomic E-state index is -0.151. The molecule has 0 saturated carbocycles. The highest BCUT2D eigenvalue weighted by Gasteiger charge is 2.16. The number of hydrogen-bond acceptors (Lipinski definition) is 6. The Labute approximate surface area is 168 Å². The topological polar surface area (TPSA) is 85.8 Å². The molecule has 7 nitrogen and oxygen atoms in total. The Balaban J connectivity index is 1.59. The zero-order chi connectivity index (χ0) is 20.3. The molecule has 2 aromatic heterocycles. The minimum Gasteiger partial charge on any atom is -0.411 e. The number of carbonyl (C=O) groups excluding carboxylic acids is 1. The average molecular weight is 400 g/mol. The van der Waals surface area contributed by atoms with Gasteiger partial charge in [0, 0.05) is 17.7 Å². The third-order valence-electron chi connectivity index (χ3n) is 4.16. The van der Waals surface area contributed by atoms with Crippen LogP contribution in [0.3, 0.4) is 0 Å². The predicted molar refractivity (Wildman–Crippen MR) is 110 cm³/mol. The van der Waals surface area contributed by atoms with E-state index >= 15 is 0 Å². The molecule has 0 aliphatic heterocycles. The SMILES string of the molecule is CC(C)n1nccc1NC(=O)CSc1nnc(-c2ccc(C(C)(C)C)cc2)o1. The zero-order valence-electron chi connectivity index (χ0n) is 16.8. The summed E-state index contributed by atoms with van der Waals surface area (Å²) in [6.07, 6.45) is 1.66. The summed E-state index contributed by atoms with van der Waals surface area (Å²) in [4.78, 5) is 12.2. The van der Waals surface area contributed by atoms with Crippen LogP contribution in [-0.4, -0.2) is 31.6 Å². The molecule has 0 spiro atoms. The van der Waals surface area contributed by atoms with E-state index in [4.69, 9.17) is 4.42 Å². The van der Waals surface area contributed by atoms with E-state index in [2.05, 4.69) is 53.5 Å². The molecule has 3 rings (SSSR count). The van der Waals surface area contributed by atoms with Crippen LogP contribution in [0, 0.1) is 0 Å². The summed E-state index contributed by atoms with van der Waals surface area (Å²) in [6.45, 7) is 10.5. The van der Waals surface area contributed by atoms with Crippen LogP contribution in [0.4, 0.5) is 5.82 Å². The van der Waals surface area contributed by atoms with Gasteiger partial charge in [-0.1, -0.05) is 44.7 Å². The van der Waals surface area contributed by atoms with E-state index in [0.29, 0.717) is 16.9 Å². The molecule has 8 heteroatoms.